The molecule has 0 saturated heterocycles. The van der Waals surface area contributed by atoms with Crippen LogP contribution in [0.3, 0.4) is 0 Å². The van der Waals surface area contributed by atoms with Crippen LogP contribution < -0.4 is 0 Å². The standard InChI is InChI=1S/C18H22N4O/c1-11-16(12(2)22(6)21-11)13-10-15(18(3,4)5)20-17(19-13)14-8-7-9-23-14/h7-10H,1-6H3. The quantitative estimate of drug-likeness (QED) is 0.716. The highest BCUT2D eigenvalue weighted by atomic mass is 16.3. The molecule has 3 rings (SSSR count). The van der Waals surface area contributed by atoms with E-state index in [1.165, 1.54) is 0 Å². The zero-order valence-electron chi connectivity index (χ0n) is 14.5. The third-order valence-corrected chi connectivity index (χ3v) is 4.00. The SMILES string of the molecule is Cc1nn(C)c(C)c1-c1cc(C(C)(C)C)nc(-c2ccco2)n1. The minimum absolute atomic E-state index is 0.0803. The molecule has 0 aliphatic carbocycles. The molecule has 0 bridgehead atoms. The van der Waals surface area contributed by atoms with Crippen LogP contribution in [0.25, 0.3) is 22.8 Å². The summed E-state index contributed by atoms with van der Waals surface area (Å²) in [6, 6.07) is 5.79. The Hall–Kier alpha value is -2.43. The summed E-state index contributed by atoms with van der Waals surface area (Å²) in [6.45, 7) is 10.5. The Morgan fingerprint density at radius 1 is 1.13 bits per heavy atom. The average molecular weight is 310 g/mol. The van der Waals surface area contributed by atoms with Crippen LogP contribution in [0.1, 0.15) is 37.9 Å². The van der Waals surface area contributed by atoms with Gasteiger partial charge in [0.15, 0.2) is 11.6 Å². The van der Waals surface area contributed by atoms with Crippen LogP contribution in [-0.4, -0.2) is 19.7 Å². The molecule has 0 saturated carbocycles. The summed E-state index contributed by atoms with van der Waals surface area (Å²) >= 11 is 0. The van der Waals surface area contributed by atoms with Crippen molar-refractivity contribution in [3.05, 3.63) is 41.5 Å². The zero-order chi connectivity index (χ0) is 16.8. The summed E-state index contributed by atoms with van der Waals surface area (Å²) < 4.78 is 7.38. The van der Waals surface area contributed by atoms with Gasteiger partial charge in [0.1, 0.15) is 0 Å². The van der Waals surface area contributed by atoms with E-state index in [0.717, 1.165) is 28.3 Å². The first-order valence-electron chi connectivity index (χ1n) is 7.71. The third kappa shape index (κ3) is 2.79. The van der Waals surface area contributed by atoms with Gasteiger partial charge < -0.3 is 4.42 Å². The molecule has 0 spiro atoms. The van der Waals surface area contributed by atoms with E-state index in [4.69, 9.17) is 14.4 Å². The summed E-state index contributed by atoms with van der Waals surface area (Å²) in [7, 11) is 1.95. The van der Waals surface area contributed by atoms with Gasteiger partial charge in [-0.2, -0.15) is 5.10 Å². The van der Waals surface area contributed by atoms with E-state index in [9.17, 15) is 0 Å². The number of aromatic nitrogens is 4. The van der Waals surface area contributed by atoms with Gasteiger partial charge in [0, 0.05) is 23.7 Å². The van der Waals surface area contributed by atoms with Crippen molar-refractivity contribution in [1.82, 2.24) is 19.7 Å². The first kappa shape index (κ1) is 15.5. The minimum atomic E-state index is -0.0803. The highest BCUT2D eigenvalue weighted by Gasteiger charge is 2.22. The van der Waals surface area contributed by atoms with Gasteiger partial charge in [0.2, 0.25) is 0 Å². The Morgan fingerprint density at radius 3 is 2.39 bits per heavy atom. The van der Waals surface area contributed by atoms with Crippen molar-refractivity contribution in [3.63, 3.8) is 0 Å². The lowest BCUT2D eigenvalue weighted by Gasteiger charge is -2.19. The van der Waals surface area contributed by atoms with Gasteiger partial charge in [-0.25, -0.2) is 9.97 Å². The zero-order valence-corrected chi connectivity index (χ0v) is 14.5. The van der Waals surface area contributed by atoms with Crippen LogP contribution in [-0.2, 0) is 12.5 Å². The van der Waals surface area contributed by atoms with Crippen LogP contribution in [0.5, 0.6) is 0 Å². The normalized spacial score (nSPS) is 11.9. The Morgan fingerprint density at radius 2 is 1.87 bits per heavy atom. The summed E-state index contributed by atoms with van der Waals surface area (Å²) in [6.07, 6.45) is 1.64. The van der Waals surface area contributed by atoms with Gasteiger partial charge in [-0.1, -0.05) is 20.8 Å². The summed E-state index contributed by atoms with van der Waals surface area (Å²) in [5.74, 6) is 1.29. The molecule has 5 heteroatoms. The van der Waals surface area contributed by atoms with Crippen molar-refractivity contribution in [2.45, 2.75) is 40.0 Å². The van der Waals surface area contributed by atoms with E-state index in [0.29, 0.717) is 11.6 Å². The number of hydrogen-bond acceptors (Lipinski definition) is 4. The molecule has 0 aliphatic heterocycles. The smallest absolute Gasteiger partial charge is 0.196 e. The monoisotopic (exact) mass is 310 g/mol. The molecule has 5 nitrogen and oxygen atoms in total. The number of nitrogens with zero attached hydrogens (tertiary/aromatic N) is 4. The molecular formula is C18H22N4O. The molecule has 0 atom stereocenters. The Labute approximate surface area is 136 Å². The maximum Gasteiger partial charge on any atom is 0.196 e. The molecule has 23 heavy (non-hydrogen) atoms. The largest absolute Gasteiger partial charge is 0.461 e. The maximum absolute atomic E-state index is 5.50. The van der Waals surface area contributed by atoms with Gasteiger partial charge in [-0.15, -0.1) is 0 Å². The molecule has 0 amide bonds. The van der Waals surface area contributed by atoms with E-state index in [2.05, 4.69) is 38.9 Å². The third-order valence-electron chi connectivity index (χ3n) is 4.00. The molecule has 0 fully saturated rings. The van der Waals surface area contributed by atoms with Gasteiger partial charge in [-0.05, 0) is 32.0 Å². The van der Waals surface area contributed by atoms with Crippen molar-refractivity contribution in [2.24, 2.45) is 7.05 Å². The fourth-order valence-corrected chi connectivity index (χ4v) is 2.62. The second-order valence-corrected chi connectivity index (χ2v) is 6.86. The predicted octanol–water partition coefficient (Wildman–Crippen LogP) is 4.05. The lowest BCUT2D eigenvalue weighted by molar-refractivity contribution is 0.557. The Bertz CT molecular complexity index is 839. The van der Waals surface area contributed by atoms with Crippen molar-refractivity contribution in [1.29, 1.82) is 0 Å². The number of rotatable bonds is 2. The lowest BCUT2D eigenvalue weighted by atomic mass is 9.90. The van der Waals surface area contributed by atoms with Gasteiger partial charge >= 0.3 is 0 Å². The van der Waals surface area contributed by atoms with Crippen LogP contribution in [0.4, 0.5) is 0 Å². The van der Waals surface area contributed by atoms with Crippen molar-refractivity contribution < 1.29 is 4.42 Å². The second kappa shape index (κ2) is 5.33. The van der Waals surface area contributed by atoms with Crippen molar-refractivity contribution in [2.75, 3.05) is 0 Å². The molecule has 0 aromatic carbocycles. The number of aryl methyl sites for hydroxylation is 2. The predicted molar refractivity (Wildman–Crippen MR) is 90.1 cm³/mol. The molecule has 0 radical (unpaired) electrons. The van der Waals surface area contributed by atoms with E-state index in [-0.39, 0.29) is 5.41 Å². The van der Waals surface area contributed by atoms with Crippen LogP contribution >= 0.6 is 0 Å². The molecule has 0 aliphatic rings. The van der Waals surface area contributed by atoms with Crippen molar-refractivity contribution in [3.8, 4) is 22.8 Å². The van der Waals surface area contributed by atoms with Crippen LogP contribution in [0, 0.1) is 13.8 Å². The fraction of sp³-hybridized carbons (Fsp3) is 0.389. The number of hydrogen-bond donors (Lipinski definition) is 0. The molecule has 3 aromatic rings. The highest BCUT2D eigenvalue weighted by Crippen LogP contribution is 2.31. The lowest BCUT2D eigenvalue weighted by Crippen LogP contribution is -2.15. The molecule has 3 aromatic heterocycles. The van der Waals surface area contributed by atoms with E-state index in [1.54, 1.807) is 6.26 Å². The molecule has 120 valence electrons. The fourth-order valence-electron chi connectivity index (χ4n) is 2.62. The second-order valence-electron chi connectivity index (χ2n) is 6.86. The minimum Gasteiger partial charge on any atom is -0.461 e. The van der Waals surface area contributed by atoms with Crippen LogP contribution in [0.15, 0.2) is 28.9 Å². The molecule has 0 unspecified atom stereocenters. The average Bonchev–Trinajstić information content (AvgIpc) is 3.07. The summed E-state index contributed by atoms with van der Waals surface area (Å²) in [4.78, 5) is 9.44. The Kier molecular flexibility index (Phi) is 3.59. The first-order chi connectivity index (χ1) is 10.8. The van der Waals surface area contributed by atoms with Gasteiger partial charge in [0.05, 0.1) is 23.3 Å². The molecule has 3 heterocycles. The topological polar surface area (TPSA) is 56.7 Å². The number of furan rings is 1. The Balaban J connectivity index is 2.26. The molecule has 0 N–H and O–H groups in total. The van der Waals surface area contributed by atoms with Crippen molar-refractivity contribution >= 4 is 0 Å². The van der Waals surface area contributed by atoms with Gasteiger partial charge in [0.25, 0.3) is 0 Å². The highest BCUT2D eigenvalue weighted by molar-refractivity contribution is 5.67. The van der Waals surface area contributed by atoms with E-state index in [1.807, 2.05) is 30.8 Å². The van der Waals surface area contributed by atoms with E-state index < -0.39 is 0 Å². The van der Waals surface area contributed by atoms with E-state index >= 15 is 0 Å². The van der Waals surface area contributed by atoms with Gasteiger partial charge in [-0.3, -0.25) is 4.68 Å². The summed E-state index contributed by atoms with van der Waals surface area (Å²) in [5, 5.41) is 4.50. The maximum atomic E-state index is 5.50. The van der Waals surface area contributed by atoms with Crippen LogP contribution in [0.2, 0.25) is 0 Å². The molecular weight excluding hydrogens is 288 g/mol. The first-order valence-corrected chi connectivity index (χ1v) is 7.71. The summed E-state index contributed by atoms with van der Waals surface area (Å²) in [5.41, 5.74) is 4.91.